The van der Waals surface area contributed by atoms with Crippen molar-refractivity contribution in [2.75, 3.05) is 19.6 Å². The first-order valence-corrected chi connectivity index (χ1v) is 8.83. The predicted octanol–water partition coefficient (Wildman–Crippen LogP) is 3.46. The van der Waals surface area contributed by atoms with E-state index in [0.717, 1.165) is 18.4 Å². The number of benzene rings is 1. The molecule has 1 aliphatic carbocycles. The molecule has 1 saturated heterocycles. The summed E-state index contributed by atoms with van der Waals surface area (Å²) in [5, 5.41) is 0. The van der Waals surface area contributed by atoms with Crippen molar-refractivity contribution < 1.29 is 0 Å². The summed E-state index contributed by atoms with van der Waals surface area (Å²) in [5.74, 6) is 1.67. The maximum absolute atomic E-state index is 6.43. The molecule has 3 rings (SSSR count). The van der Waals surface area contributed by atoms with Crippen LogP contribution in [0, 0.1) is 11.8 Å². The highest BCUT2D eigenvalue weighted by Crippen LogP contribution is 2.28. The summed E-state index contributed by atoms with van der Waals surface area (Å²) in [4.78, 5) is 2.62. The molecule has 2 fully saturated rings. The van der Waals surface area contributed by atoms with Crippen LogP contribution >= 0.6 is 0 Å². The van der Waals surface area contributed by atoms with Crippen LogP contribution in [0.3, 0.4) is 0 Å². The van der Waals surface area contributed by atoms with Crippen LogP contribution < -0.4 is 5.73 Å². The van der Waals surface area contributed by atoms with Crippen LogP contribution in [0.15, 0.2) is 30.3 Å². The number of likely N-dealkylation sites (tertiary alicyclic amines) is 1. The fourth-order valence-electron chi connectivity index (χ4n) is 4.15. The minimum Gasteiger partial charge on any atom is -0.326 e. The van der Waals surface area contributed by atoms with Gasteiger partial charge in [-0.1, -0.05) is 43.2 Å². The lowest BCUT2D eigenvalue weighted by molar-refractivity contribution is 0.162. The zero-order valence-corrected chi connectivity index (χ0v) is 13.2. The third-order valence-corrected chi connectivity index (χ3v) is 5.55. The molecule has 1 unspecified atom stereocenters. The summed E-state index contributed by atoms with van der Waals surface area (Å²) in [6, 6.07) is 11.4. The van der Waals surface area contributed by atoms with Gasteiger partial charge in [0.05, 0.1) is 0 Å². The maximum atomic E-state index is 6.43. The first kappa shape index (κ1) is 15.1. The molecule has 2 nitrogen and oxygen atoms in total. The Kier molecular flexibility index (Phi) is 5.32. The van der Waals surface area contributed by atoms with E-state index in [2.05, 4.69) is 35.2 Å². The third-order valence-electron chi connectivity index (χ3n) is 5.55. The monoisotopic (exact) mass is 286 g/mol. The van der Waals surface area contributed by atoms with Crippen molar-refractivity contribution in [1.29, 1.82) is 0 Å². The molecule has 2 aliphatic rings. The summed E-state index contributed by atoms with van der Waals surface area (Å²) < 4.78 is 0. The Bertz CT molecular complexity index is 403. The van der Waals surface area contributed by atoms with Crippen LogP contribution in [-0.2, 0) is 6.42 Å². The van der Waals surface area contributed by atoms with E-state index in [1.165, 1.54) is 63.6 Å². The maximum Gasteiger partial charge on any atom is 0.0196 e. The van der Waals surface area contributed by atoms with E-state index in [1.807, 2.05) is 0 Å². The van der Waals surface area contributed by atoms with E-state index in [0.29, 0.717) is 6.04 Å². The number of nitrogens with zero attached hydrogens (tertiary/aromatic N) is 1. The molecule has 2 heteroatoms. The van der Waals surface area contributed by atoms with Crippen LogP contribution in [0.2, 0.25) is 0 Å². The van der Waals surface area contributed by atoms with E-state index in [-0.39, 0.29) is 0 Å². The first-order chi connectivity index (χ1) is 10.3. The van der Waals surface area contributed by atoms with Crippen molar-refractivity contribution in [3.8, 4) is 0 Å². The Morgan fingerprint density at radius 2 is 1.67 bits per heavy atom. The minimum atomic E-state index is 0.415. The molecule has 21 heavy (non-hydrogen) atoms. The van der Waals surface area contributed by atoms with Gasteiger partial charge in [-0.25, -0.2) is 0 Å². The fraction of sp³-hybridized carbons (Fsp3) is 0.684. The fourth-order valence-corrected chi connectivity index (χ4v) is 4.15. The zero-order valence-electron chi connectivity index (χ0n) is 13.2. The highest BCUT2D eigenvalue weighted by molar-refractivity contribution is 5.15. The Balaban J connectivity index is 1.40. The standard InChI is InChI=1S/C19H30N2/c20-19(18-8-4-5-9-18)15-21-12-10-17(11-13-21)14-16-6-2-1-3-7-16/h1-3,6-7,17-19H,4-5,8-15,20H2. The van der Waals surface area contributed by atoms with Gasteiger partial charge < -0.3 is 10.6 Å². The van der Waals surface area contributed by atoms with Gasteiger partial charge in [-0.05, 0) is 62.6 Å². The van der Waals surface area contributed by atoms with Crippen LogP contribution in [-0.4, -0.2) is 30.6 Å². The summed E-state index contributed by atoms with van der Waals surface area (Å²) >= 11 is 0. The molecule has 1 saturated carbocycles. The molecule has 0 spiro atoms. The van der Waals surface area contributed by atoms with Crippen LogP contribution in [0.5, 0.6) is 0 Å². The van der Waals surface area contributed by atoms with Crippen LogP contribution in [0.25, 0.3) is 0 Å². The first-order valence-electron chi connectivity index (χ1n) is 8.83. The Morgan fingerprint density at radius 3 is 2.33 bits per heavy atom. The molecule has 1 aromatic rings. The van der Waals surface area contributed by atoms with Gasteiger partial charge in [-0.2, -0.15) is 0 Å². The largest absolute Gasteiger partial charge is 0.326 e. The summed E-state index contributed by atoms with van der Waals surface area (Å²) in [5.41, 5.74) is 7.93. The average Bonchev–Trinajstić information content (AvgIpc) is 3.05. The van der Waals surface area contributed by atoms with Crippen molar-refractivity contribution in [2.24, 2.45) is 17.6 Å². The molecule has 0 bridgehead atoms. The SMILES string of the molecule is NC(CN1CCC(Cc2ccccc2)CC1)C1CCCC1. The van der Waals surface area contributed by atoms with E-state index < -0.39 is 0 Å². The number of piperidine rings is 1. The van der Waals surface area contributed by atoms with Crippen molar-refractivity contribution in [1.82, 2.24) is 4.90 Å². The van der Waals surface area contributed by atoms with Gasteiger partial charge in [0.15, 0.2) is 0 Å². The second-order valence-electron chi connectivity index (χ2n) is 7.14. The van der Waals surface area contributed by atoms with E-state index in [4.69, 9.17) is 5.73 Å². The van der Waals surface area contributed by atoms with Gasteiger partial charge in [0, 0.05) is 12.6 Å². The molecule has 116 valence electrons. The van der Waals surface area contributed by atoms with Crippen molar-refractivity contribution in [2.45, 2.75) is 51.0 Å². The second kappa shape index (κ2) is 7.42. The van der Waals surface area contributed by atoms with E-state index >= 15 is 0 Å². The normalized spacial score (nSPS) is 23.5. The molecular weight excluding hydrogens is 256 g/mol. The Hall–Kier alpha value is -0.860. The Labute approximate surface area is 129 Å². The number of nitrogens with two attached hydrogens (primary N) is 1. The predicted molar refractivity (Wildman–Crippen MR) is 89.2 cm³/mol. The van der Waals surface area contributed by atoms with Crippen molar-refractivity contribution in [3.05, 3.63) is 35.9 Å². The van der Waals surface area contributed by atoms with Gasteiger partial charge >= 0.3 is 0 Å². The van der Waals surface area contributed by atoms with Gasteiger partial charge in [0.2, 0.25) is 0 Å². The van der Waals surface area contributed by atoms with E-state index in [1.54, 1.807) is 0 Å². The van der Waals surface area contributed by atoms with Gasteiger partial charge in [0.25, 0.3) is 0 Å². The molecule has 0 amide bonds. The van der Waals surface area contributed by atoms with Gasteiger partial charge in [-0.15, -0.1) is 0 Å². The minimum absolute atomic E-state index is 0.415. The number of rotatable bonds is 5. The second-order valence-corrected chi connectivity index (χ2v) is 7.14. The molecule has 2 N–H and O–H groups in total. The average molecular weight is 286 g/mol. The molecule has 1 atom stereocenters. The smallest absolute Gasteiger partial charge is 0.0196 e. The third kappa shape index (κ3) is 4.31. The molecule has 0 radical (unpaired) electrons. The van der Waals surface area contributed by atoms with Gasteiger partial charge in [-0.3, -0.25) is 0 Å². The Morgan fingerprint density at radius 1 is 1.00 bits per heavy atom. The highest BCUT2D eigenvalue weighted by atomic mass is 15.1. The zero-order chi connectivity index (χ0) is 14.5. The topological polar surface area (TPSA) is 29.3 Å². The molecular formula is C19H30N2. The highest BCUT2D eigenvalue weighted by Gasteiger charge is 2.26. The quantitative estimate of drug-likeness (QED) is 0.898. The molecule has 1 aliphatic heterocycles. The lowest BCUT2D eigenvalue weighted by Crippen LogP contribution is -2.45. The van der Waals surface area contributed by atoms with E-state index in [9.17, 15) is 0 Å². The summed E-state index contributed by atoms with van der Waals surface area (Å²) in [7, 11) is 0. The summed E-state index contributed by atoms with van der Waals surface area (Å²) in [6.07, 6.45) is 9.47. The molecule has 1 aromatic carbocycles. The number of hydrogen-bond acceptors (Lipinski definition) is 2. The van der Waals surface area contributed by atoms with Crippen LogP contribution in [0.1, 0.15) is 44.1 Å². The molecule has 0 aromatic heterocycles. The van der Waals surface area contributed by atoms with Crippen molar-refractivity contribution in [3.63, 3.8) is 0 Å². The lowest BCUT2D eigenvalue weighted by atomic mass is 9.89. The van der Waals surface area contributed by atoms with Crippen molar-refractivity contribution >= 4 is 0 Å². The summed E-state index contributed by atoms with van der Waals surface area (Å²) in [6.45, 7) is 3.62. The molecule has 1 heterocycles. The van der Waals surface area contributed by atoms with Crippen LogP contribution in [0.4, 0.5) is 0 Å². The lowest BCUT2D eigenvalue weighted by Gasteiger charge is -2.34. The van der Waals surface area contributed by atoms with Gasteiger partial charge in [0.1, 0.15) is 0 Å². The number of hydrogen-bond donors (Lipinski definition) is 1.